The van der Waals surface area contributed by atoms with Gasteiger partial charge in [-0.3, -0.25) is 0 Å². The lowest BCUT2D eigenvalue weighted by Crippen LogP contribution is -2.15. The zero-order valence-corrected chi connectivity index (χ0v) is 7.00. The smallest absolute Gasteiger partial charge is 0.127 e. The molecule has 2 rings (SSSR count). The number of hydrogen-bond acceptors (Lipinski definition) is 2. The fourth-order valence-electron chi connectivity index (χ4n) is 1.53. The first kappa shape index (κ1) is 8.23. The third-order valence-electron chi connectivity index (χ3n) is 2.22. The Labute approximate surface area is 75.3 Å². The molecule has 2 nitrogen and oxygen atoms in total. The molecular formula is C10H9FO2. The number of hydrogen-bond donors (Lipinski definition) is 0. The van der Waals surface area contributed by atoms with E-state index in [9.17, 15) is 9.18 Å². The Balaban J connectivity index is 2.47. The van der Waals surface area contributed by atoms with Gasteiger partial charge in [0.25, 0.3) is 0 Å². The minimum absolute atomic E-state index is 0.209. The van der Waals surface area contributed by atoms with Gasteiger partial charge in [-0.1, -0.05) is 0 Å². The highest BCUT2D eigenvalue weighted by atomic mass is 19.1. The highest BCUT2D eigenvalue weighted by molar-refractivity contribution is 5.65. The third kappa shape index (κ3) is 1.41. The van der Waals surface area contributed by atoms with Crippen LogP contribution in [0.3, 0.4) is 0 Å². The second-order valence-corrected chi connectivity index (χ2v) is 3.06. The summed E-state index contributed by atoms with van der Waals surface area (Å²) in [5.74, 6) is 0.0975. The Hall–Kier alpha value is -1.38. The van der Waals surface area contributed by atoms with Crippen LogP contribution in [0.5, 0.6) is 5.75 Å². The van der Waals surface area contributed by atoms with Crippen molar-refractivity contribution in [2.45, 2.75) is 12.3 Å². The molecule has 68 valence electrons. The molecule has 0 radical (unpaired) electrons. The third-order valence-corrected chi connectivity index (χ3v) is 2.22. The van der Waals surface area contributed by atoms with Crippen molar-refractivity contribution in [3.8, 4) is 5.75 Å². The van der Waals surface area contributed by atoms with Crippen LogP contribution < -0.4 is 4.74 Å². The number of benzene rings is 1. The van der Waals surface area contributed by atoms with Crippen LogP contribution in [0.2, 0.25) is 0 Å². The Morgan fingerprint density at radius 2 is 2.38 bits per heavy atom. The normalized spacial score (nSPS) is 20.2. The van der Waals surface area contributed by atoms with Gasteiger partial charge in [-0.05, 0) is 24.6 Å². The molecule has 13 heavy (non-hydrogen) atoms. The molecule has 3 heteroatoms. The Kier molecular flexibility index (Phi) is 2.00. The summed E-state index contributed by atoms with van der Waals surface area (Å²) in [7, 11) is 0. The average Bonchev–Trinajstić information content (AvgIpc) is 2.17. The van der Waals surface area contributed by atoms with Gasteiger partial charge >= 0.3 is 0 Å². The Morgan fingerprint density at radius 3 is 3.15 bits per heavy atom. The van der Waals surface area contributed by atoms with Crippen molar-refractivity contribution in [2.75, 3.05) is 6.61 Å². The number of halogens is 1. The van der Waals surface area contributed by atoms with Crippen molar-refractivity contribution in [3.63, 3.8) is 0 Å². The number of carbonyl (C=O) groups excluding carboxylic acids is 1. The maximum Gasteiger partial charge on any atom is 0.127 e. The quantitative estimate of drug-likeness (QED) is 0.617. The van der Waals surface area contributed by atoms with Crippen molar-refractivity contribution in [2.24, 2.45) is 0 Å². The van der Waals surface area contributed by atoms with E-state index < -0.39 is 0 Å². The number of aldehydes is 1. The fraction of sp³-hybridized carbons (Fsp3) is 0.300. The zero-order chi connectivity index (χ0) is 9.26. The van der Waals surface area contributed by atoms with Crippen LogP contribution in [-0.2, 0) is 4.79 Å². The van der Waals surface area contributed by atoms with Crippen LogP contribution in [0.15, 0.2) is 18.2 Å². The standard InChI is InChI=1S/C10H9FO2/c11-8-1-2-10-9(5-8)7(6-12)3-4-13-10/h1-2,5-7H,3-4H2. The molecule has 1 aliphatic heterocycles. The van der Waals surface area contributed by atoms with E-state index in [2.05, 4.69) is 0 Å². The van der Waals surface area contributed by atoms with Gasteiger partial charge < -0.3 is 9.53 Å². The van der Waals surface area contributed by atoms with Crippen molar-refractivity contribution in [1.82, 2.24) is 0 Å². The lowest BCUT2D eigenvalue weighted by molar-refractivity contribution is -0.109. The van der Waals surface area contributed by atoms with Crippen molar-refractivity contribution < 1.29 is 13.9 Å². The number of fused-ring (bicyclic) bond motifs is 1. The molecule has 0 saturated heterocycles. The van der Waals surface area contributed by atoms with Crippen LogP contribution in [0, 0.1) is 5.82 Å². The lowest BCUT2D eigenvalue weighted by atomic mass is 9.95. The van der Waals surface area contributed by atoms with Crippen LogP contribution >= 0.6 is 0 Å². The van der Waals surface area contributed by atoms with E-state index in [1.54, 1.807) is 6.07 Å². The fourth-order valence-corrected chi connectivity index (χ4v) is 1.53. The van der Waals surface area contributed by atoms with Crippen molar-refractivity contribution in [1.29, 1.82) is 0 Å². The summed E-state index contributed by atoms with van der Waals surface area (Å²) in [5, 5.41) is 0. The van der Waals surface area contributed by atoms with E-state index in [4.69, 9.17) is 4.74 Å². The van der Waals surface area contributed by atoms with Gasteiger partial charge in [0.15, 0.2) is 0 Å². The topological polar surface area (TPSA) is 26.3 Å². The molecule has 0 saturated carbocycles. The van der Waals surface area contributed by atoms with Gasteiger partial charge in [-0.25, -0.2) is 4.39 Å². The highest BCUT2D eigenvalue weighted by Crippen LogP contribution is 2.32. The summed E-state index contributed by atoms with van der Waals surface area (Å²) < 4.78 is 18.1. The minimum Gasteiger partial charge on any atom is -0.493 e. The summed E-state index contributed by atoms with van der Waals surface area (Å²) >= 11 is 0. The maximum absolute atomic E-state index is 12.8. The largest absolute Gasteiger partial charge is 0.493 e. The van der Waals surface area contributed by atoms with Gasteiger partial charge in [0.05, 0.1) is 6.61 Å². The molecular weight excluding hydrogens is 171 g/mol. The summed E-state index contributed by atoms with van der Waals surface area (Å²) in [6, 6.07) is 4.28. The molecule has 1 unspecified atom stereocenters. The summed E-state index contributed by atoms with van der Waals surface area (Å²) in [5.41, 5.74) is 0.668. The van der Waals surface area contributed by atoms with Crippen LogP contribution in [0.25, 0.3) is 0 Å². The van der Waals surface area contributed by atoms with E-state index >= 15 is 0 Å². The molecule has 1 heterocycles. The summed E-state index contributed by atoms with van der Waals surface area (Å²) in [6.45, 7) is 0.530. The number of ether oxygens (including phenoxy) is 1. The van der Waals surface area contributed by atoms with E-state index in [1.165, 1.54) is 12.1 Å². The molecule has 1 aromatic rings. The SMILES string of the molecule is O=CC1CCOc2ccc(F)cc21. The monoisotopic (exact) mass is 180 g/mol. The highest BCUT2D eigenvalue weighted by Gasteiger charge is 2.20. The molecule has 0 bridgehead atoms. The van der Waals surface area contributed by atoms with Gasteiger partial charge in [-0.15, -0.1) is 0 Å². The molecule has 0 spiro atoms. The van der Waals surface area contributed by atoms with E-state index in [-0.39, 0.29) is 11.7 Å². The molecule has 0 aliphatic carbocycles. The summed E-state index contributed by atoms with van der Waals surface area (Å²) in [4.78, 5) is 10.7. The Morgan fingerprint density at radius 1 is 1.54 bits per heavy atom. The van der Waals surface area contributed by atoms with Crippen LogP contribution in [-0.4, -0.2) is 12.9 Å². The van der Waals surface area contributed by atoms with Crippen LogP contribution in [0.1, 0.15) is 17.9 Å². The van der Waals surface area contributed by atoms with Gasteiger partial charge in [0.2, 0.25) is 0 Å². The first-order valence-electron chi connectivity index (χ1n) is 4.19. The molecule has 1 aromatic carbocycles. The Bertz CT molecular complexity index is 336. The van der Waals surface area contributed by atoms with Gasteiger partial charge in [0, 0.05) is 11.5 Å². The first-order chi connectivity index (χ1) is 6.31. The second kappa shape index (κ2) is 3.17. The lowest BCUT2D eigenvalue weighted by Gasteiger charge is -2.21. The van der Waals surface area contributed by atoms with Crippen molar-refractivity contribution in [3.05, 3.63) is 29.6 Å². The minimum atomic E-state index is -0.323. The van der Waals surface area contributed by atoms with E-state index in [0.717, 1.165) is 6.29 Å². The van der Waals surface area contributed by atoms with Gasteiger partial charge in [-0.2, -0.15) is 0 Å². The maximum atomic E-state index is 12.8. The average molecular weight is 180 g/mol. The van der Waals surface area contributed by atoms with Crippen molar-refractivity contribution >= 4 is 6.29 Å². The molecule has 0 amide bonds. The van der Waals surface area contributed by atoms with E-state index in [1.807, 2.05) is 0 Å². The predicted molar refractivity (Wildman–Crippen MR) is 45.3 cm³/mol. The van der Waals surface area contributed by atoms with Crippen LogP contribution in [0.4, 0.5) is 4.39 Å². The number of rotatable bonds is 1. The number of carbonyl (C=O) groups is 1. The van der Waals surface area contributed by atoms with Gasteiger partial charge in [0.1, 0.15) is 17.9 Å². The van der Waals surface area contributed by atoms with E-state index in [0.29, 0.717) is 24.3 Å². The molecule has 1 aliphatic rings. The predicted octanol–water partition coefficient (Wildman–Crippen LogP) is 1.89. The molecule has 0 fully saturated rings. The zero-order valence-electron chi connectivity index (χ0n) is 7.00. The second-order valence-electron chi connectivity index (χ2n) is 3.06. The first-order valence-corrected chi connectivity index (χ1v) is 4.19. The summed E-state index contributed by atoms with van der Waals surface area (Å²) in [6.07, 6.45) is 1.49. The molecule has 0 N–H and O–H groups in total. The molecule has 0 aromatic heterocycles. The molecule has 1 atom stereocenters.